The highest BCUT2D eigenvalue weighted by Crippen LogP contribution is 2.34. The van der Waals surface area contributed by atoms with Crippen LogP contribution in [0.4, 0.5) is 4.39 Å². The molecule has 9 nitrogen and oxygen atoms in total. The summed E-state index contributed by atoms with van der Waals surface area (Å²) in [6.45, 7) is 2.12. The van der Waals surface area contributed by atoms with Gasteiger partial charge in [-0.05, 0) is 48.9 Å². The number of nitrogens with one attached hydrogen (secondary N) is 1. The van der Waals surface area contributed by atoms with Crippen LogP contribution in [-0.4, -0.2) is 55.8 Å². The number of imidazole rings is 1. The number of sulfone groups is 1. The summed E-state index contributed by atoms with van der Waals surface area (Å²) < 4.78 is 55.9. The van der Waals surface area contributed by atoms with Gasteiger partial charge in [0, 0.05) is 17.9 Å². The molecular weight excluding hydrogens is 489 g/mol. The number of benzene rings is 2. The summed E-state index contributed by atoms with van der Waals surface area (Å²) in [6.07, 6.45) is 1.10. The summed E-state index contributed by atoms with van der Waals surface area (Å²) in [6, 6.07) is 11.7. The number of nitrogens with zero attached hydrogens (tertiary/aromatic N) is 2. The Kier molecular flexibility index (Phi) is 7.02. The first kappa shape index (κ1) is 25.2. The summed E-state index contributed by atoms with van der Waals surface area (Å²) in [7, 11) is -0.601. The Hall–Kier alpha value is -3.86. The molecular formula is C25H26FN3O6S. The van der Waals surface area contributed by atoms with Gasteiger partial charge in [0.25, 0.3) is 5.88 Å². The van der Waals surface area contributed by atoms with E-state index in [0.29, 0.717) is 46.0 Å². The average molecular weight is 516 g/mol. The van der Waals surface area contributed by atoms with Crippen LogP contribution < -0.4 is 19.9 Å². The molecule has 0 spiro atoms. The molecule has 190 valence electrons. The number of hydrogen-bond donors (Lipinski definition) is 1. The number of ether oxygens (including phenoxy) is 3. The van der Waals surface area contributed by atoms with Gasteiger partial charge in [0.2, 0.25) is 0 Å². The molecule has 1 atom stereocenters. The minimum absolute atomic E-state index is 0.203. The first-order valence-corrected chi connectivity index (χ1v) is 13.1. The Morgan fingerprint density at radius 2 is 1.81 bits per heavy atom. The summed E-state index contributed by atoms with van der Waals surface area (Å²) in [5.41, 5.74) is 2.11. The molecule has 0 aliphatic carbocycles. The van der Waals surface area contributed by atoms with Crippen LogP contribution in [0.25, 0.3) is 22.2 Å². The number of pyridine rings is 1. The maximum atomic E-state index is 13.7. The lowest BCUT2D eigenvalue weighted by atomic mass is 10.0. The molecule has 0 aliphatic rings. The standard InChI is InChI=1S/C25H26FN3O6S/c1-5-35-24-22(33-2)11-9-18(27-24)21(14-36(4,31)32)29-20-10-6-15(12-19(20)28-25(29)30)17-8-7-16(26)13-23(17)34-3/h6-13,21H,5,14H2,1-4H3,(H,28,30)/t21-/m1/s1. The number of methoxy groups -OCH3 is 2. The number of H-pyrrole nitrogens is 1. The van der Waals surface area contributed by atoms with Crippen molar-refractivity contribution in [2.24, 2.45) is 0 Å². The predicted molar refractivity (Wildman–Crippen MR) is 134 cm³/mol. The van der Waals surface area contributed by atoms with Gasteiger partial charge < -0.3 is 19.2 Å². The molecule has 0 bridgehead atoms. The van der Waals surface area contributed by atoms with Crippen LogP contribution in [-0.2, 0) is 9.84 Å². The third kappa shape index (κ3) is 5.06. The number of aromatic nitrogens is 3. The highest BCUT2D eigenvalue weighted by atomic mass is 32.2. The Bertz CT molecular complexity index is 1580. The number of halogens is 1. The first-order valence-electron chi connectivity index (χ1n) is 11.1. The smallest absolute Gasteiger partial charge is 0.327 e. The van der Waals surface area contributed by atoms with Crippen molar-refractivity contribution in [1.82, 2.24) is 14.5 Å². The van der Waals surface area contributed by atoms with E-state index in [9.17, 15) is 17.6 Å². The van der Waals surface area contributed by atoms with Crippen molar-refractivity contribution in [3.05, 3.63) is 70.5 Å². The van der Waals surface area contributed by atoms with Crippen LogP contribution in [0.1, 0.15) is 18.7 Å². The lowest BCUT2D eigenvalue weighted by molar-refractivity contribution is 0.296. The largest absolute Gasteiger partial charge is 0.496 e. The molecule has 0 radical (unpaired) electrons. The molecule has 2 aromatic heterocycles. The first-order chi connectivity index (χ1) is 17.1. The lowest BCUT2D eigenvalue weighted by Crippen LogP contribution is -2.29. The topological polar surface area (TPSA) is 113 Å². The second-order valence-corrected chi connectivity index (χ2v) is 10.3. The Morgan fingerprint density at radius 3 is 2.47 bits per heavy atom. The van der Waals surface area contributed by atoms with Crippen molar-refractivity contribution in [2.75, 3.05) is 32.8 Å². The van der Waals surface area contributed by atoms with Crippen molar-refractivity contribution in [3.63, 3.8) is 0 Å². The minimum Gasteiger partial charge on any atom is -0.496 e. The minimum atomic E-state index is -3.53. The molecule has 2 heterocycles. The fourth-order valence-corrected chi connectivity index (χ4v) is 5.01. The second kappa shape index (κ2) is 10.0. The van der Waals surface area contributed by atoms with Gasteiger partial charge in [-0.15, -0.1) is 0 Å². The molecule has 0 amide bonds. The maximum Gasteiger partial charge on any atom is 0.327 e. The van der Waals surface area contributed by atoms with Crippen molar-refractivity contribution >= 4 is 20.9 Å². The molecule has 0 aliphatic heterocycles. The van der Waals surface area contributed by atoms with Crippen molar-refractivity contribution < 1.29 is 27.0 Å². The molecule has 36 heavy (non-hydrogen) atoms. The SMILES string of the molecule is CCOc1nc([C@@H](CS(C)(=O)=O)n2c(=O)[nH]c3cc(-c4ccc(F)cc4OC)ccc32)ccc1OC. The zero-order valence-electron chi connectivity index (χ0n) is 20.2. The summed E-state index contributed by atoms with van der Waals surface area (Å²) in [4.78, 5) is 20.4. The van der Waals surface area contributed by atoms with Gasteiger partial charge in [-0.3, -0.25) is 4.57 Å². The van der Waals surface area contributed by atoms with Gasteiger partial charge in [-0.2, -0.15) is 0 Å². The molecule has 0 unspecified atom stereocenters. The van der Waals surface area contributed by atoms with Crippen LogP contribution in [0.15, 0.2) is 53.3 Å². The van der Waals surface area contributed by atoms with Crippen molar-refractivity contribution in [2.45, 2.75) is 13.0 Å². The van der Waals surface area contributed by atoms with Gasteiger partial charge >= 0.3 is 5.69 Å². The maximum absolute atomic E-state index is 13.7. The molecule has 4 aromatic rings. The highest BCUT2D eigenvalue weighted by Gasteiger charge is 2.26. The summed E-state index contributed by atoms with van der Waals surface area (Å²) in [5.74, 6) is 0.144. The average Bonchev–Trinajstić information content (AvgIpc) is 3.16. The van der Waals surface area contributed by atoms with E-state index >= 15 is 0 Å². The van der Waals surface area contributed by atoms with E-state index in [2.05, 4.69) is 9.97 Å². The van der Waals surface area contributed by atoms with Crippen LogP contribution in [0.2, 0.25) is 0 Å². The fourth-order valence-electron chi connectivity index (χ4n) is 4.11. The molecule has 11 heteroatoms. The van der Waals surface area contributed by atoms with E-state index < -0.39 is 27.4 Å². The van der Waals surface area contributed by atoms with Crippen LogP contribution in [0.3, 0.4) is 0 Å². The lowest BCUT2D eigenvalue weighted by Gasteiger charge is -2.19. The van der Waals surface area contributed by atoms with Crippen molar-refractivity contribution in [3.8, 4) is 28.5 Å². The molecule has 1 N–H and O–H groups in total. The number of fused-ring (bicyclic) bond motifs is 1. The normalized spacial score (nSPS) is 12.5. The van der Waals surface area contributed by atoms with Gasteiger partial charge in [0.1, 0.15) is 21.4 Å². The Labute approximate surface area is 207 Å². The molecule has 2 aromatic carbocycles. The Morgan fingerprint density at radius 1 is 1.06 bits per heavy atom. The molecule has 0 saturated heterocycles. The van der Waals surface area contributed by atoms with Crippen LogP contribution >= 0.6 is 0 Å². The van der Waals surface area contributed by atoms with Gasteiger partial charge in [0.15, 0.2) is 5.75 Å². The molecule has 0 fully saturated rings. The number of hydrogen-bond acceptors (Lipinski definition) is 7. The molecule has 4 rings (SSSR count). The van der Waals surface area contributed by atoms with Crippen molar-refractivity contribution in [1.29, 1.82) is 0 Å². The van der Waals surface area contributed by atoms with Gasteiger partial charge in [-0.1, -0.05) is 6.07 Å². The summed E-state index contributed by atoms with van der Waals surface area (Å²) >= 11 is 0. The van der Waals surface area contributed by atoms with Gasteiger partial charge in [-0.25, -0.2) is 22.6 Å². The van der Waals surface area contributed by atoms with E-state index in [1.54, 1.807) is 43.3 Å². The zero-order chi connectivity index (χ0) is 26.0. The van der Waals surface area contributed by atoms with E-state index in [1.807, 2.05) is 0 Å². The van der Waals surface area contributed by atoms with Crippen LogP contribution in [0.5, 0.6) is 17.4 Å². The Balaban J connectivity index is 1.88. The third-order valence-electron chi connectivity index (χ3n) is 5.65. The molecule has 0 saturated carbocycles. The zero-order valence-corrected chi connectivity index (χ0v) is 21.1. The highest BCUT2D eigenvalue weighted by molar-refractivity contribution is 7.90. The van der Waals surface area contributed by atoms with E-state index in [-0.39, 0.29) is 11.6 Å². The second-order valence-electron chi connectivity index (χ2n) is 8.16. The number of rotatable bonds is 9. The van der Waals surface area contributed by atoms with E-state index in [0.717, 1.165) is 6.26 Å². The monoisotopic (exact) mass is 515 g/mol. The number of aromatic amines is 1. The van der Waals surface area contributed by atoms with Gasteiger partial charge in [0.05, 0.1) is 49.3 Å². The fraction of sp³-hybridized carbons (Fsp3) is 0.280. The van der Waals surface area contributed by atoms with E-state index in [4.69, 9.17) is 14.2 Å². The third-order valence-corrected chi connectivity index (χ3v) is 6.57. The van der Waals surface area contributed by atoms with Crippen LogP contribution in [0, 0.1) is 5.82 Å². The van der Waals surface area contributed by atoms with E-state index in [1.165, 1.54) is 30.9 Å². The predicted octanol–water partition coefficient (Wildman–Crippen LogP) is 3.58. The quantitative estimate of drug-likeness (QED) is 0.363. The summed E-state index contributed by atoms with van der Waals surface area (Å²) in [5, 5.41) is 0.